The maximum Gasteiger partial charge on any atom is 0.0716 e. The van der Waals surface area contributed by atoms with Crippen molar-refractivity contribution in [1.82, 2.24) is 0 Å². The summed E-state index contributed by atoms with van der Waals surface area (Å²) in [7, 11) is 0. The van der Waals surface area contributed by atoms with E-state index in [0.29, 0.717) is 0 Å². The van der Waals surface area contributed by atoms with E-state index in [-0.39, 0.29) is 0 Å². The highest BCUT2D eigenvalue weighted by molar-refractivity contribution is 5.22. The highest BCUT2D eigenvalue weighted by atomic mass is 16.5. The van der Waals surface area contributed by atoms with Gasteiger partial charge in [-0.2, -0.15) is 0 Å². The van der Waals surface area contributed by atoms with Crippen molar-refractivity contribution in [1.29, 1.82) is 0 Å². The normalized spacial score (nSPS) is 21.8. The first-order valence-electron chi connectivity index (χ1n) is 9.60. The van der Waals surface area contributed by atoms with Gasteiger partial charge in [0.05, 0.1) is 6.61 Å². The maximum atomic E-state index is 5.68. The lowest BCUT2D eigenvalue weighted by Crippen LogP contribution is -2.13. The first-order chi connectivity index (χ1) is 11.3. The van der Waals surface area contributed by atoms with Crippen LogP contribution < -0.4 is 0 Å². The van der Waals surface area contributed by atoms with Crippen LogP contribution in [0.5, 0.6) is 0 Å². The molecule has 0 heterocycles. The molecule has 0 saturated heterocycles. The van der Waals surface area contributed by atoms with Gasteiger partial charge in [-0.15, -0.1) is 0 Å². The van der Waals surface area contributed by atoms with Gasteiger partial charge in [-0.1, -0.05) is 49.8 Å². The first-order valence-corrected chi connectivity index (χ1v) is 9.60. The summed E-state index contributed by atoms with van der Waals surface area (Å²) in [5.74, 6) is 1.79. The minimum atomic E-state index is 0.759. The fraction of sp³-hybridized carbons (Fsp3) is 0.636. The van der Waals surface area contributed by atoms with E-state index >= 15 is 0 Å². The zero-order valence-electron chi connectivity index (χ0n) is 15.1. The molecule has 1 aromatic carbocycles. The molecule has 0 spiro atoms. The van der Waals surface area contributed by atoms with Crippen LogP contribution in [0.1, 0.15) is 69.9 Å². The van der Waals surface area contributed by atoms with Gasteiger partial charge in [0.25, 0.3) is 0 Å². The molecule has 1 aliphatic carbocycles. The second-order valence-corrected chi connectivity index (χ2v) is 7.07. The molecule has 0 radical (unpaired) electrons. The SMILES string of the molecule is C/C=C/C1CCC(CCc2ccc(COCCCC)cc2)CC1. The molecule has 0 unspecified atom stereocenters. The summed E-state index contributed by atoms with van der Waals surface area (Å²) in [5, 5.41) is 0. The summed E-state index contributed by atoms with van der Waals surface area (Å²) < 4.78 is 5.68. The number of allylic oxidation sites excluding steroid dienone is 2. The van der Waals surface area contributed by atoms with E-state index < -0.39 is 0 Å². The number of unbranched alkanes of at least 4 members (excludes halogenated alkanes) is 1. The largest absolute Gasteiger partial charge is 0.377 e. The fourth-order valence-electron chi connectivity index (χ4n) is 3.55. The van der Waals surface area contributed by atoms with Crippen molar-refractivity contribution in [3.63, 3.8) is 0 Å². The number of aryl methyl sites for hydroxylation is 1. The van der Waals surface area contributed by atoms with E-state index in [4.69, 9.17) is 4.74 Å². The molecule has 2 rings (SSSR count). The second kappa shape index (κ2) is 10.6. The number of benzene rings is 1. The van der Waals surface area contributed by atoms with E-state index in [1.807, 2.05) is 0 Å². The molecular weight excluding hydrogens is 280 g/mol. The van der Waals surface area contributed by atoms with Crippen molar-refractivity contribution in [3.05, 3.63) is 47.5 Å². The zero-order valence-corrected chi connectivity index (χ0v) is 15.1. The van der Waals surface area contributed by atoms with Crippen LogP contribution >= 0.6 is 0 Å². The van der Waals surface area contributed by atoms with Crippen LogP contribution in [0.4, 0.5) is 0 Å². The molecule has 1 aliphatic rings. The predicted molar refractivity (Wildman–Crippen MR) is 99.6 cm³/mol. The van der Waals surface area contributed by atoms with Crippen molar-refractivity contribution in [2.45, 2.75) is 71.8 Å². The van der Waals surface area contributed by atoms with Gasteiger partial charge in [0.15, 0.2) is 0 Å². The molecule has 0 N–H and O–H groups in total. The minimum Gasteiger partial charge on any atom is -0.377 e. The summed E-state index contributed by atoms with van der Waals surface area (Å²) in [5.41, 5.74) is 2.79. The quantitative estimate of drug-likeness (QED) is 0.383. The standard InChI is InChI=1S/C22H34O/c1-3-5-17-23-18-22-15-13-21(14-16-22)12-11-20-9-7-19(6-4-2)8-10-20/h4,6,13-16,19-20H,3,5,7-12,17-18H2,1-2H3/b6-4+. The molecule has 1 aromatic rings. The van der Waals surface area contributed by atoms with Crippen molar-refractivity contribution < 1.29 is 4.74 Å². The van der Waals surface area contributed by atoms with Gasteiger partial charge >= 0.3 is 0 Å². The van der Waals surface area contributed by atoms with Gasteiger partial charge in [0, 0.05) is 6.61 Å². The van der Waals surface area contributed by atoms with E-state index in [9.17, 15) is 0 Å². The molecule has 1 fully saturated rings. The van der Waals surface area contributed by atoms with E-state index in [2.05, 4.69) is 50.3 Å². The Hall–Kier alpha value is -1.08. The molecule has 0 amide bonds. The Morgan fingerprint density at radius 2 is 1.74 bits per heavy atom. The Morgan fingerprint density at radius 1 is 1.04 bits per heavy atom. The molecule has 0 atom stereocenters. The molecular formula is C22H34O. The predicted octanol–water partition coefficient (Wildman–Crippen LogP) is 6.32. The van der Waals surface area contributed by atoms with Crippen LogP contribution in [0.15, 0.2) is 36.4 Å². The third-order valence-corrected chi connectivity index (χ3v) is 5.13. The van der Waals surface area contributed by atoms with E-state index in [0.717, 1.165) is 31.5 Å². The van der Waals surface area contributed by atoms with Crippen molar-refractivity contribution in [2.24, 2.45) is 11.8 Å². The highest BCUT2D eigenvalue weighted by Crippen LogP contribution is 2.32. The lowest BCUT2D eigenvalue weighted by molar-refractivity contribution is 0.118. The molecule has 0 aromatic heterocycles. The van der Waals surface area contributed by atoms with Crippen molar-refractivity contribution in [3.8, 4) is 0 Å². The van der Waals surface area contributed by atoms with E-state index in [1.165, 1.54) is 56.1 Å². The molecule has 0 bridgehead atoms. The maximum absolute atomic E-state index is 5.68. The molecule has 1 nitrogen and oxygen atoms in total. The number of ether oxygens (including phenoxy) is 1. The monoisotopic (exact) mass is 314 g/mol. The van der Waals surface area contributed by atoms with Crippen LogP contribution in [0.25, 0.3) is 0 Å². The first kappa shape index (κ1) is 18.3. The lowest BCUT2D eigenvalue weighted by Gasteiger charge is -2.26. The number of hydrogen-bond acceptors (Lipinski definition) is 1. The average molecular weight is 315 g/mol. The van der Waals surface area contributed by atoms with Crippen LogP contribution in [-0.2, 0) is 17.8 Å². The molecule has 128 valence electrons. The van der Waals surface area contributed by atoms with Crippen LogP contribution in [-0.4, -0.2) is 6.61 Å². The van der Waals surface area contributed by atoms with Crippen molar-refractivity contribution in [2.75, 3.05) is 6.61 Å². The van der Waals surface area contributed by atoms with Gasteiger partial charge in [-0.3, -0.25) is 0 Å². The highest BCUT2D eigenvalue weighted by Gasteiger charge is 2.18. The van der Waals surface area contributed by atoms with Gasteiger partial charge in [0.1, 0.15) is 0 Å². The second-order valence-electron chi connectivity index (χ2n) is 7.07. The molecule has 1 saturated carbocycles. The summed E-state index contributed by atoms with van der Waals surface area (Å²) in [6.07, 6.45) is 15.2. The van der Waals surface area contributed by atoms with Crippen LogP contribution in [0.2, 0.25) is 0 Å². The molecule has 23 heavy (non-hydrogen) atoms. The molecule has 0 aliphatic heterocycles. The third kappa shape index (κ3) is 6.91. The smallest absolute Gasteiger partial charge is 0.0716 e. The van der Waals surface area contributed by atoms with Crippen LogP contribution in [0, 0.1) is 11.8 Å². The fourth-order valence-corrected chi connectivity index (χ4v) is 3.55. The summed E-state index contributed by atoms with van der Waals surface area (Å²) in [4.78, 5) is 0. The zero-order chi connectivity index (χ0) is 16.3. The Bertz CT molecular complexity index is 438. The summed E-state index contributed by atoms with van der Waals surface area (Å²) in [6, 6.07) is 9.07. The summed E-state index contributed by atoms with van der Waals surface area (Å²) in [6.45, 7) is 5.99. The number of rotatable bonds is 9. The number of hydrogen-bond donors (Lipinski definition) is 0. The molecule has 1 heteroatoms. The summed E-state index contributed by atoms with van der Waals surface area (Å²) >= 11 is 0. The third-order valence-electron chi connectivity index (χ3n) is 5.13. The Balaban J connectivity index is 1.66. The van der Waals surface area contributed by atoms with Gasteiger partial charge in [0.2, 0.25) is 0 Å². The van der Waals surface area contributed by atoms with E-state index in [1.54, 1.807) is 0 Å². The van der Waals surface area contributed by atoms with Gasteiger partial charge in [-0.25, -0.2) is 0 Å². The Kier molecular flexibility index (Phi) is 8.46. The van der Waals surface area contributed by atoms with Gasteiger partial charge in [-0.05, 0) is 74.8 Å². The Morgan fingerprint density at radius 3 is 2.39 bits per heavy atom. The van der Waals surface area contributed by atoms with Crippen molar-refractivity contribution >= 4 is 0 Å². The van der Waals surface area contributed by atoms with Gasteiger partial charge < -0.3 is 4.74 Å². The minimum absolute atomic E-state index is 0.759. The topological polar surface area (TPSA) is 9.23 Å². The Labute approximate surface area is 143 Å². The average Bonchev–Trinajstić information content (AvgIpc) is 2.59. The van der Waals surface area contributed by atoms with Crippen LogP contribution in [0.3, 0.4) is 0 Å². The lowest BCUT2D eigenvalue weighted by atomic mass is 9.79.